The molecule has 3 aliphatic carbocycles. The van der Waals surface area contributed by atoms with Crippen LogP contribution in [0.2, 0.25) is 0 Å². The average molecular weight is 392 g/mol. The van der Waals surface area contributed by atoms with E-state index in [1.807, 2.05) is 26.8 Å². The van der Waals surface area contributed by atoms with Crippen LogP contribution >= 0.6 is 0 Å². The number of benzene rings is 1. The summed E-state index contributed by atoms with van der Waals surface area (Å²) in [6, 6.07) is 6.29. The van der Waals surface area contributed by atoms with Gasteiger partial charge in [0.05, 0.1) is 5.92 Å². The number of allylic oxidation sites excluding steroid dienone is 2. The number of Topliss-reactive ketones (excluding diaryl/α,β-unsaturated/α-hetero) is 1. The number of carbonyl (C=O) groups excluding carboxylic acids is 1. The summed E-state index contributed by atoms with van der Waals surface area (Å²) >= 11 is 0. The lowest BCUT2D eigenvalue weighted by Gasteiger charge is -2.40. The van der Waals surface area contributed by atoms with Gasteiger partial charge >= 0.3 is 10.1 Å². The zero-order valence-corrected chi connectivity index (χ0v) is 16.5. The first kappa shape index (κ1) is 19.8. The second kappa shape index (κ2) is 7.58. The van der Waals surface area contributed by atoms with Gasteiger partial charge < -0.3 is 13.7 Å². The molecule has 3 aliphatic rings. The quantitative estimate of drug-likeness (QED) is 0.403. The molecule has 0 heterocycles. The Bertz CT molecular complexity index is 860. The highest BCUT2D eigenvalue weighted by Gasteiger charge is 2.48. The molecule has 2 unspecified atom stereocenters. The van der Waals surface area contributed by atoms with Gasteiger partial charge in [-0.1, -0.05) is 29.8 Å². The van der Waals surface area contributed by atoms with Crippen molar-refractivity contribution < 1.29 is 26.9 Å². The van der Waals surface area contributed by atoms with Crippen molar-refractivity contribution in [3.8, 4) is 0 Å². The number of hydrogen-bond acceptors (Lipinski definition) is 6. The van der Waals surface area contributed by atoms with E-state index in [1.165, 1.54) is 18.2 Å². The topological polar surface area (TPSA) is 78.9 Å². The Morgan fingerprint density at radius 2 is 1.70 bits per heavy atom. The first-order valence-corrected chi connectivity index (χ1v) is 10.5. The lowest BCUT2D eigenvalue weighted by atomic mass is 9.84. The molecule has 2 atom stereocenters. The summed E-state index contributed by atoms with van der Waals surface area (Å²) in [5, 5.41) is 0. The van der Waals surface area contributed by atoms with Crippen LogP contribution in [0.4, 0.5) is 0 Å². The highest BCUT2D eigenvalue weighted by molar-refractivity contribution is 7.86. The molecule has 1 aromatic rings. The summed E-state index contributed by atoms with van der Waals surface area (Å²) < 4.78 is 42.2. The Balaban J connectivity index is 1.94. The molecular formula is C20H24O6S. The van der Waals surface area contributed by atoms with E-state index in [-0.39, 0.29) is 16.4 Å². The summed E-state index contributed by atoms with van der Waals surface area (Å²) in [5.74, 6) is -2.52. The van der Waals surface area contributed by atoms with Gasteiger partial charge in [0.2, 0.25) is 5.78 Å². The van der Waals surface area contributed by atoms with Gasteiger partial charge in [-0.05, 0) is 39.0 Å². The molecule has 4 rings (SSSR count). The predicted octanol–water partition coefficient (Wildman–Crippen LogP) is 3.13. The highest BCUT2D eigenvalue weighted by Crippen LogP contribution is 2.42. The zero-order valence-electron chi connectivity index (χ0n) is 15.7. The number of aryl methyl sites for hydroxylation is 1. The maximum atomic E-state index is 12.8. The van der Waals surface area contributed by atoms with Crippen LogP contribution in [0.25, 0.3) is 0 Å². The van der Waals surface area contributed by atoms with Crippen LogP contribution in [-0.4, -0.2) is 33.2 Å². The maximum Gasteiger partial charge on any atom is 0.339 e. The summed E-state index contributed by atoms with van der Waals surface area (Å²) in [7, 11) is -4.11. The molecule has 0 aromatic heterocycles. The fraction of sp³-hybridized carbons (Fsp3) is 0.450. The first-order chi connectivity index (χ1) is 12.8. The van der Waals surface area contributed by atoms with Crippen molar-refractivity contribution in [3.63, 3.8) is 0 Å². The molecule has 0 fully saturated rings. The van der Waals surface area contributed by atoms with E-state index in [4.69, 9.17) is 13.7 Å². The average Bonchev–Trinajstić information content (AvgIpc) is 2.82. The SMILES string of the molecule is CCOC1(OCC)CC2C=CC1C=C(OS(=O)(=O)c1ccc(C)cc1)C2=O. The molecule has 0 saturated heterocycles. The minimum Gasteiger partial charge on any atom is -0.375 e. The number of hydrogen-bond donors (Lipinski definition) is 0. The molecule has 1 aromatic carbocycles. The number of ether oxygens (including phenoxy) is 2. The van der Waals surface area contributed by atoms with E-state index in [0.717, 1.165) is 5.56 Å². The van der Waals surface area contributed by atoms with E-state index in [9.17, 15) is 13.2 Å². The van der Waals surface area contributed by atoms with Gasteiger partial charge in [-0.3, -0.25) is 4.79 Å². The van der Waals surface area contributed by atoms with Gasteiger partial charge in [0.25, 0.3) is 0 Å². The molecule has 146 valence electrons. The summed E-state index contributed by atoms with van der Waals surface area (Å²) in [6.07, 6.45) is 5.42. The molecule has 0 saturated carbocycles. The predicted molar refractivity (Wildman–Crippen MR) is 99.3 cm³/mol. The molecule has 27 heavy (non-hydrogen) atoms. The van der Waals surface area contributed by atoms with Crippen molar-refractivity contribution in [2.45, 2.75) is 37.9 Å². The molecule has 0 spiro atoms. The second-order valence-corrected chi connectivity index (χ2v) is 8.19. The van der Waals surface area contributed by atoms with Crippen LogP contribution in [0.5, 0.6) is 0 Å². The van der Waals surface area contributed by atoms with E-state index in [0.29, 0.717) is 19.6 Å². The Labute approximate surface area is 159 Å². The normalized spacial score (nSPS) is 23.8. The lowest BCUT2D eigenvalue weighted by Crippen LogP contribution is -2.45. The third kappa shape index (κ3) is 3.85. The number of fused-ring (bicyclic) bond motifs is 2. The van der Waals surface area contributed by atoms with Crippen molar-refractivity contribution in [3.05, 3.63) is 53.8 Å². The fourth-order valence-corrected chi connectivity index (χ4v) is 4.42. The largest absolute Gasteiger partial charge is 0.375 e. The standard InChI is InChI=1S/C20H24O6S/c1-4-24-20(25-5-2)13-15-8-9-16(20)12-18(19(15)21)26-27(22,23)17-10-6-14(3)7-11-17/h6-12,15-16H,4-5,13H2,1-3H3. The highest BCUT2D eigenvalue weighted by atomic mass is 32.2. The summed E-state index contributed by atoms with van der Waals surface area (Å²) in [6.45, 7) is 6.40. The van der Waals surface area contributed by atoms with Crippen LogP contribution < -0.4 is 0 Å². The molecule has 2 bridgehead atoms. The van der Waals surface area contributed by atoms with Gasteiger partial charge in [0.15, 0.2) is 11.5 Å². The van der Waals surface area contributed by atoms with Crippen LogP contribution in [0.1, 0.15) is 25.8 Å². The maximum absolute atomic E-state index is 12.8. The van der Waals surface area contributed by atoms with Gasteiger partial charge in [-0.2, -0.15) is 8.42 Å². The molecule has 0 aliphatic heterocycles. The van der Waals surface area contributed by atoms with Gasteiger partial charge in [-0.25, -0.2) is 0 Å². The first-order valence-electron chi connectivity index (χ1n) is 9.04. The number of ketones is 1. The molecule has 7 heteroatoms. The van der Waals surface area contributed by atoms with Gasteiger partial charge in [-0.15, -0.1) is 0 Å². The summed E-state index contributed by atoms with van der Waals surface area (Å²) in [4.78, 5) is 12.8. The number of carbonyl (C=O) groups is 1. The Morgan fingerprint density at radius 3 is 2.30 bits per heavy atom. The van der Waals surface area contributed by atoms with Crippen LogP contribution in [0.3, 0.4) is 0 Å². The van der Waals surface area contributed by atoms with Crippen LogP contribution in [0.15, 0.2) is 53.1 Å². The smallest absolute Gasteiger partial charge is 0.339 e. The minimum absolute atomic E-state index is 0.00670. The molecule has 0 radical (unpaired) electrons. The van der Waals surface area contributed by atoms with Crippen LogP contribution in [-0.2, 0) is 28.6 Å². The van der Waals surface area contributed by atoms with Crippen molar-refractivity contribution in [1.29, 1.82) is 0 Å². The summed E-state index contributed by atoms with van der Waals surface area (Å²) in [5.41, 5.74) is 0.930. The number of rotatable bonds is 7. The third-order valence-electron chi connectivity index (χ3n) is 4.76. The van der Waals surface area contributed by atoms with Crippen molar-refractivity contribution in [2.24, 2.45) is 11.8 Å². The minimum atomic E-state index is -4.11. The molecule has 6 nitrogen and oxygen atoms in total. The van der Waals surface area contributed by atoms with E-state index in [1.54, 1.807) is 18.2 Å². The molecular weight excluding hydrogens is 368 g/mol. The third-order valence-corrected chi connectivity index (χ3v) is 6.01. The van der Waals surface area contributed by atoms with Crippen molar-refractivity contribution in [1.82, 2.24) is 0 Å². The Morgan fingerprint density at radius 1 is 1.07 bits per heavy atom. The Hall–Kier alpha value is -1.96. The van der Waals surface area contributed by atoms with Gasteiger partial charge in [0, 0.05) is 25.6 Å². The Kier molecular flexibility index (Phi) is 5.55. The van der Waals surface area contributed by atoms with Crippen LogP contribution in [0, 0.1) is 18.8 Å². The monoisotopic (exact) mass is 392 g/mol. The van der Waals surface area contributed by atoms with Crippen molar-refractivity contribution in [2.75, 3.05) is 13.2 Å². The van der Waals surface area contributed by atoms with Gasteiger partial charge in [0.1, 0.15) is 4.90 Å². The molecule has 0 amide bonds. The van der Waals surface area contributed by atoms with E-state index in [2.05, 4.69) is 0 Å². The lowest BCUT2D eigenvalue weighted by molar-refractivity contribution is -0.255. The van der Waals surface area contributed by atoms with E-state index >= 15 is 0 Å². The fourth-order valence-electron chi connectivity index (χ4n) is 3.48. The second-order valence-electron chi connectivity index (χ2n) is 6.64. The zero-order chi connectivity index (χ0) is 19.7. The van der Waals surface area contributed by atoms with Crippen molar-refractivity contribution >= 4 is 15.9 Å². The van der Waals surface area contributed by atoms with E-state index < -0.39 is 27.7 Å². The molecule has 0 N–H and O–H groups in total.